The van der Waals surface area contributed by atoms with Crippen molar-refractivity contribution in [1.82, 2.24) is 0 Å². The number of anilines is 1. The molecule has 0 aromatic heterocycles. The van der Waals surface area contributed by atoms with Crippen molar-refractivity contribution < 1.29 is 9.59 Å². The molecule has 20 heavy (non-hydrogen) atoms. The summed E-state index contributed by atoms with van der Waals surface area (Å²) in [5.74, 6) is -0.0856. The highest BCUT2D eigenvalue weighted by molar-refractivity contribution is 6.23. The van der Waals surface area contributed by atoms with Crippen LogP contribution in [0.1, 0.15) is 43.2 Å². The first-order valence-corrected chi connectivity index (χ1v) is 7.25. The minimum absolute atomic E-state index is 0.0136. The van der Waals surface area contributed by atoms with E-state index in [1.54, 1.807) is 0 Å². The number of hydrogen-bond donors (Lipinski definition) is 1. The van der Waals surface area contributed by atoms with Crippen molar-refractivity contribution in [3.8, 4) is 0 Å². The van der Waals surface area contributed by atoms with E-state index in [4.69, 9.17) is 5.73 Å². The molecule has 0 radical (unpaired) electrons. The molecule has 1 aliphatic heterocycles. The molecule has 2 aliphatic rings. The highest BCUT2D eigenvalue weighted by Gasteiger charge is 2.53. The lowest BCUT2D eigenvalue weighted by molar-refractivity contribution is -0.125. The maximum atomic E-state index is 12.8. The summed E-state index contributed by atoms with van der Waals surface area (Å²) in [6, 6.07) is 5.67. The quantitative estimate of drug-likeness (QED) is 0.840. The summed E-state index contributed by atoms with van der Waals surface area (Å²) in [4.78, 5) is 26.6. The van der Waals surface area contributed by atoms with Crippen molar-refractivity contribution in [3.63, 3.8) is 0 Å². The molecule has 4 nitrogen and oxygen atoms in total. The average molecular weight is 272 g/mol. The second kappa shape index (κ2) is 4.70. The van der Waals surface area contributed by atoms with E-state index in [1.165, 1.54) is 4.90 Å². The first kappa shape index (κ1) is 13.3. The zero-order chi connectivity index (χ0) is 14.3. The largest absolute Gasteiger partial charge is 0.326 e. The first-order valence-electron chi connectivity index (χ1n) is 7.25. The van der Waals surface area contributed by atoms with Crippen LogP contribution in [0.3, 0.4) is 0 Å². The summed E-state index contributed by atoms with van der Waals surface area (Å²) in [6.45, 7) is 2.30. The monoisotopic (exact) mass is 272 g/mol. The fourth-order valence-electron chi connectivity index (χ4n) is 3.64. The number of hydrogen-bond acceptors (Lipinski definition) is 3. The molecule has 3 rings (SSSR count). The van der Waals surface area contributed by atoms with Crippen LogP contribution in [-0.4, -0.2) is 11.8 Å². The molecule has 1 aliphatic carbocycles. The molecule has 1 saturated heterocycles. The van der Waals surface area contributed by atoms with Crippen LogP contribution >= 0.6 is 0 Å². The smallest absolute Gasteiger partial charge is 0.240 e. The third-order valence-corrected chi connectivity index (χ3v) is 4.79. The van der Waals surface area contributed by atoms with E-state index < -0.39 is 5.41 Å². The molecular weight excluding hydrogens is 252 g/mol. The number of benzene rings is 1. The van der Waals surface area contributed by atoms with E-state index in [1.807, 2.05) is 25.1 Å². The van der Waals surface area contributed by atoms with Gasteiger partial charge in [0.2, 0.25) is 11.8 Å². The van der Waals surface area contributed by atoms with Crippen molar-refractivity contribution in [1.29, 1.82) is 0 Å². The minimum Gasteiger partial charge on any atom is -0.326 e. The Morgan fingerprint density at radius 1 is 1.25 bits per heavy atom. The van der Waals surface area contributed by atoms with Crippen LogP contribution in [0.4, 0.5) is 5.69 Å². The lowest BCUT2D eigenvalue weighted by Gasteiger charge is -2.23. The van der Waals surface area contributed by atoms with Crippen molar-refractivity contribution >= 4 is 17.5 Å². The lowest BCUT2D eigenvalue weighted by Crippen LogP contribution is -2.35. The number of nitrogens with two attached hydrogens (primary N) is 1. The van der Waals surface area contributed by atoms with Crippen LogP contribution in [0.5, 0.6) is 0 Å². The summed E-state index contributed by atoms with van der Waals surface area (Å²) in [7, 11) is 0. The van der Waals surface area contributed by atoms with E-state index in [-0.39, 0.29) is 11.8 Å². The molecule has 4 heteroatoms. The Bertz CT molecular complexity index is 574. The van der Waals surface area contributed by atoms with Crippen molar-refractivity contribution in [2.45, 2.75) is 45.6 Å². The number of aryl methyl sites for hydroxylation is 1. The van der Waals surface area contributed by atoms with Gasteiger partial charge in [-0.05, 0) is 37.0 Å². The van der Waals surface area contributed by atoms with Gasteiger partial charge in [-0.2, -0.15) is 0 Å². The standard InChI is InChI=1S/C16H20N2O2/c1-11-5-4-6-13(12(11)10-17)18-14(19)9-16(15(18)20)7-2-3-8-16/h4-6H,2-3,7-10,17H2,1H3. The Labute approximate surface area is 118 Å². The van der Waals surface area contributed by atoms with E-state index >= 15 is 0 Å². The lowest BCUT2D eigenvalue weighted by atomic mass is 9.84. The van der Waals surface area contributed by atoms with Crippen molar-refractivity contribution in [3.05, 3.63) is 29.3 Å². The summed E-state index contributed by atoms with van der Waals surface area (Å²) >= 11 is 0. The van der Waals surface area contributed by atoms with E-state index in [0.29, 0.717) is 18.7 Å². The van der Waals surface area contributed by atoms with Crippen LogP contribution in [0.25, 0.3) is 0 Å². The SMILES string of the molecule is Cc1cccc(N2C(=O)CC3(CCCC3)C2=O)c1CN. The second-order valence-electron chi connectivity index (χ2n) is 5.98. The Balaban J connectivity index is 2.05. The van der Waals surface area contributed by atoms with Crippen LogP contribution in [0.15, 0.2) is 18.2 Å². The molecule has 1 spiro atoms. The van der Waals surface area contributed by atoms with Crippen molar-refractivity contribution in [2.75, 3.05) is 4.90 Å². The van der Waals surface area contributed by atoms with Gasteiger partial charge in [0.25, 0.3) is 0 Å². The normalized spacial score (nSPS) is 21.2. The van der Waals surface area contributed by atoms with Crippen LogP contribution in [0, 0.1) is 12.3 Å². The number of carbonyl (C=O) groups excluding carboxylic acids is 2. The van der Waals surface area contributed by atoms with E-state index in [0.717, 1.165) is 36.8 Å². The number of rotatable bonds is 2. The Kier molecular flexibility index (Phi) is 3.13. The van der Waals surface area contributed by atoms with Gasteiger partial charge >= 0.3 is 0 Å². The topological polar surface area (TPSA) is 63.4 Å². The van der Waals surface area contributed by atoms with Crippen LogP contribution in [0.2, 0.25) is 0 Å². The molecule has 2 amide bonds. The zero-order valence-electron chi connectivity index (χ0n) is 11.8. The number of imide groups is 1. The van der Waals surface area contributed by atoms with Gasteiger partial charge in [0, 0.05) is 13.0 Å². The number of carbonyl (C=O) groups is 2. The fourth-order valence-corrected chi connectivity index (χ4v) is 3.64. The van der Waals surface area contributed by atoms with Gasteiger partial charge in [0.05, 0.1) is 11.1 Å². The third kappa shape index (κ3) is 1.79. The molecule has 1 heterocycles. The van der Waals surface area contributed by atoms with Crippen LogP contribution < -0.4 is 10.6 Å². The zero-order valence-corrected chi connectivity index (χ0v) is 11.8. The van der Waals surface area contributed by atoms with E-state index in [2.05, 4.69) is 0 Å². The molecule has 0 atom stereocenters. The summed E-state index contributed by atoms with van der Waals surface area (Å²) < 4.78 is 0. The summed E-state index contributed by atoms with van der Waals surface area (Å²) in [5, 5.41) is 0. The molecule has 2 N–H and O–H groups in total. The van der Waals surface area contributed by atoms with Gasteiger partial charge in [0.15, 0.2) is 0 Å². The predicted molar refractivity (Wildman–Crippen MR) is 77.1 cm³/mol. The number of nitrogens with zero attached hydrogens (tertiary/aromatic N) is 1. The van der Waals surface area contributed by atoms with Gasteiger partial charge in [0.1, 0.15) is 0 Å². The maximum Gasteiger partial charge on any atom is 0.240 e. The molecule has 2 fully saturated rings. The van der Waals surface area contributed by atoms with Gasteiger partial charge in [-0.15, -0.1) is 0 Å². The second-order valence-corrected chi connectivity index (χ2v) is 5.98. The average Bonchev–Trinajstić information content (AvgIpc) is 2.97. The van der Waals surface area contributed by atoms with Gasteiger partial charge in [-0.25, -0.2) is 4.90 Å². The molecule has 1 saturated carbocycles. The highest BCUT2D eigenvalue weighted by atomic mass is 16.2. The van der Waals surface area contributed by atoms with Crippen LogP contribution in [-0.2, 0) is 16.1 Å². The summed E-state index contributed by atoms with van der Waals surface area (Å²) in [5.41, 5.74) is 7.99. The fraction of sp³-hybridized carbons (Fsp3) is 0.500. The molecule has 1 aromatic carbocycles. The Morgan fingerprint density at radius 3 is 2.60 bits per heavy atom. The predicted octanol–water partition coefficient (Wildman–Crippen LogP) is 2.28. The molecule has 106 valence electrons. The maximum absolute atomic E-state index is 12.8. The molecule has 1 aromatic rings. The van der Waals surface area contributed by atoms with Gasteiger partial charge in [-0.1, -0.05) is 25.0 Å². The van der Waals surface area contributed by atoms with E-state index in [9.17, 15) is 9.59 Å². The van der Waals surface area contributed by atoms with Gasteiger partial charge < -0.3 is 5.73 Å². The Hall–Kier alpha value is -1.68. The first-order chi connectivity index (χ1) is 9.59. The van der Waals surface area contributed by atoms with Crippen molar-refractivity contribution in [2.24, 2.45) is 11.1 Å². The number of amides is 2. The van der Waals surface area contributed by atoms with Gasteiger partial charge in [-0.3, -0.25) is 9.59 Å². The highest BCUT2D eigenvalue weighted by Crippen LogP contribution is 2.48. The molecule has 0 unspecified atom stereocenters. The summed E-state index contributed by atoms with van der Waals surface area (Å²) in [6.07, 6.45) is 4.15. The molecular formula is C16H20N2O2. The Morgan fingerprint density at radius 2 is 1.95 bits per heavy atom. The minimum atomic E-state index is -0.424. The molecule has 0 bridgehead atoms. The third-order valence-electron chi connectivity index (χ3n) is 4.79.